The fourth-order valence-corrected chi connectivity index (χ4v) is 4.49. The van der Waals surface area contributed by atoms with E-state index in [-0.39, 0.29) is 24.5 Å². The third-order valence-corrected chi connectivity index (χ3v) is 5.77. The van der Waals surface area contributed by atoms with Gasteiger partial charge >= 0.3 is 0 Å². The Morgan fingerprint density at radius 3 is 2.88 bits per heavy atom. The first kappa shape index (κ1) is 18.4. The molecule has 0 aliphatic heterocycles. The summed E-state index contributed by atoms with van der Waals surface area (Å²) in [5.41, 5.74) is 1.99. The van der Waals surface area contributed by atoms with E-state index >= 15 is 0 Å². The van der Waals surface area contributed by atoms with Gasteiger partial charge < -0.3 is 10.1 Å². The first-order valence-corrected chi connectivity index (χ1v) is 9.44. The number of carbonyl (C=O) groups excluding carboxylic acids is 2. The van der Waals surface area contributed by atoms with Crippen LogP contribution in [0.25, 0.3) is 0 Å². The summed E-state index contributed by atoms with van der Waals surface area (Å²) in [5, 5.41) is 13.2. The number of rotatable bonds is 6. The van der Waals surface area contributed by atoms with Crippen molar-refractivity contribution in [3.05, 3.63) is 44.8 Å². The molecule has 0 unspecified atom stereocenters. The quantitative estimate of drug-likeness (QED) is 0.745. The van der Waals surface area contributed by atoms with Crippen LogP contribution in [0.4, 0.5) is 5.00 Å². The lowest BCUT2D eigenvalue weighted by Gasteiger charge is -2.08. The number of ketones is 1. The average Bonchev–Trinajstić information content (AvgIpc) is 3.20. The summed E-state index contributed by atoms with van der Waals surface area (Å²) in [7, 11) is 1.48. The first-order chi connectivity index (χ1) is 12.5. The Morgan fingerprint density at radius 2 is 2.15 bits per heavy atom. The van der Waals surface area contributed by atoms with Gasteiger partial charge in [-0.25, -0.2) is 0 Å². The van der Waals surface area contributed by atoms with E-state index in [2.05, 4.69) is 11.4 Å². The minimum absolute atomic E-state index is 0.0297. The van der Waals surface area contributed by atoms with E-state index in [1.807, 2.05) is 0 Å². The Labute approximate surface area is 160 Å². The topological polar surface area (TPSA) is 79.2 Å². The van der Waals surface area contributed by atoms with E-state index < -0.39 is 0 Å². The number of anilines is 1. The van der Waals surface area contributed by atoms with Crippen LogP contribution in [0.3, 0.4) is 0 Å². The summed E-state index contributed by atoms with van der Waals surface area (Å²) in [6, 6.07) is 7.00. The number of Topliss-reactive ketones (excluding diaryl/α,β-unsaturated/α-hetero) is 1. The molecule has 3 rings (SSSR count). The number of hydrogen-bond donors (Lipinski definition) is 1. The maximum absolute atomic E-state index is 12.4. The molecule has 2 aromatic rings. The highest BCUT2D eigenvalue weighted by molar-refractivity contribution is 7.16. The molecule has 1 aliphatic rings. The molecule has 0 saturated heterocycles. The van der Waals surface area contributed by atoms with Crippen molar-refractivity contribution < 1.29 is 14.3 Å². The molecule has 1 aliphatic carbocycles. The van der Waals surface area contributed by atoms with Gasteiger partial charge in [-0.2, -0.15) is 5.26 Å². The molecule has 1 heterocycles. The number of nitrogens with one attached hydrogen (secondary N) is 1. The van der Waals surface area contributed by atoms with Gasteiger partial charge in [-0.05, 0) is 43.0 Å². The third kappa shape index (κ3) is 3.74. The van der Waals surface area contributed by atoms with Gasteiger partial charge in [0.25, 0.3) is 0 Å². The molecule has 1 aromatic carbocycles. The van der Waals surface area contributed by atoms with Gasteiger partial charge in [-0.1, -0.05) is 11.6 Å². The minimum Gasteiger partial charge on any atom is -0.496 e. The van der Waals surface area contributed by atoms with Gasteiger partial charge in [-0.3, -0.25) is 9.59 Å². The highest BCUT2D eigenvalue weighted by atomic mass is 35.5. The number of benzene rings is 1. The molecule has 26 heavy (non-hydrogen) atoms. The van der Waals surface area contributed by atoms with Crippen molar-refractivity contribution in [2.45, 2.75) is 32.1 Å². The van der Waals surface area contributed by atoms with Gasteiger partial charge in [0.15, 0.2) is 5.78 Å². The molecule has 1 aromatic heterocycles. The molecule has 0 saturated carbocycles. The van der Waals surface area contributed by atoms with Gasteiger partial charge in [0.2, 0.25) is 5.91 Å². The molecule has 0 fully saturated rings. The van der Waals surface area contributed by atoms with Crippen LogP contribution in [0.2, 0.25) is 5.02 Å². The Kier molecular flexibility index (Phi) is 5.60. The number of amides is 1. The summed E-state index contributed by atoms with van der Waals surface area (Å²) in [6.45, 7) is 0. The number of thiophene rings is 1. The minimum atomic E-state index is -0.282. The maximum atomic E-state index is 12.4. The van der Waals surface area contributed by atoms with Crippen molar-refractivity contribution in [1.82, 2.24) is 0 Å². The average molecular weight is 389 g/mol. The predicted molar refractivity (Wildman–Crippen MR) is 101 cm³/mol. The monoisotopic (exact) mass is 388 g/mol. The summed E-state index contributed by atoms with van der Waals surface area (Å²) >= 11 is 7.40. The second-order valence-corrected chi connectivity index (χ2v) is 7.53. The van der Waals surface area contributed by atoms with Crippen LogP contribution in [-0.2, 0) is 17.6 Å². The molecule has 1 amide bonds. The second-order valence-electron chi connectivity index (χ2n) is 5.99. The van der Waals surface area contributed by atoms with E-state index in [0.717, 1.165) is 24.8 Å². The molecule has 7 heteroatoms. The van der Waals surface area contributed by atoms with Crippen LogP contribution in [0.15, 0.2) is 18.2 Å². The Bertz CT molecular complexity index is 914. The Balaban J connectivity index is 1.64. The molecule has 0 bridgehead atoms. The van der Waals surface area contributed by atoms with Gasteiger partial charge in [0, 0.05) is 22.7 Å². The number of fused-ring (bicyclic) bond motifs is 1. The Morgan fingerprint density at radius 1 is 1.35 bits per heavy atom. The zero-order valence-electron chi connectivity index (χ0n) is 14.2. The number of hydrogen-bond acceptors (Lipinski definition) is 5. The fourth-order valence-electron chi connectivity index (χ4n) is 3.06. The maximum Gasteiger partial charge on any atom is 0.225 e. The molecule has 5 nitrogen and oxygen atoms in total. The number of halogens is 1. The molecular formula is C19H17ClN2O3S. The van der Waals surface area contributed by atoms with E-state index in [1.165, 1.54) is 29.4 Å². The molecular weight excluding hydrogens is 372 g/mol. The fraction of sp³-hybridized carbons (Fsp3) is 0.316. The van der Waals surface area contributed by atoms with E-state index in [9.17, 15) is 14.9 Å². The summed E-state index contributed by atoms with van der Waals surface area (Å²) < 4.78 is 5.17. The van der Waals surface area contributed by atoms with E-state index in [0.29, 0.717) is 26.9 Å². The van der Waals surface area contributed by atoms with Crippen molar-refractivity contribution >= 4 is 39.6 Å². The molecule has 134 valence electrons. The lowest BCUT2D eigenvalue weighted by Crippen LogP contribution is -2.14. The van der Waals surface area contributed by atoms with E-state index in [4.69, 9.17) is 16.3 Å². The van der Waals surface area contributed by atoms with Crippen LogP contribution in [0.5, 0.6) is 5.75 Å². The molecule has 0 radical (unpaired) electrons. The van der Waals surface area contributed by atoms with Gasteiger partial charge in [0.05, 0.1) is 18.2 Å². The largest absolute Gasteiger partial charge is 0.496 e. The number of carbonyl (C=O) groups is 2. The second kappa shape index (κ2) is 7.90. The number of nitrogens with zero attached hydrogens (tertiary/aromatic N) is 1. The van der Waals surface area contributed by atoms with Crippen molar-refractivity contribution in [3.63, 3.8) is 0 Å². The van der Waals surface area contributed by atoms with Gasteiger partial charge in [-0.15, -0.1) is 11.3 Å². The molecule has 0 spiro atoms. The van der Waals surface area contributed by atoms with Gasteiger partial charge in [0.1, 0.15) is 16.8 Å². The summed E-state index contributed by atoms with van der Waals surface area (Å²) in [6.07, 6.45) is 2.97. The predicted octanol–water partition coefficient (Wildman–Crippen LogP) is 4.37. The lowest BCUT2D eigenvalue weighted by molar-refractivity contribution is -0.116. The number of aryl methyl sites for hydroxylation is 1. The van der Waals surface area contributed by atoms with Crippen molar-refractivity contribution in [2.75, 3.05) is 12.4 Å². The number of nitriles is 1. The number of methoxy groups -OCH3 is 1. The van der Waals surface area contributed by atoms with E-state index in [1.54, 1.807) is 12.1 Å². The normalized spacial score (nSPS) is 12.3. The third-order valence-electron chi connectivity index (χ3n) is 4.33. The molecule has 1 N–H and O–H groups in total. The van der Waals surface area contributed by atoms with Crippen LogP contribution < -0.4 is 10.1 Å². The SMILES string of the molecule is COc1ccc(Cl)cc1C(=O)CCC(=O)Nc1sc2c(c1C#N)CCC2. The first-order valence-electron chi connectivity index (χ1n) is 8.24. The van der Waals surface area contributed by atoms with Crippen LogP contribution >= 0.6 is 22.9 Å². The zero-order chi connectivity index (χ0) is 18.7. The standard InChI is InChI=1S/C19H17ClN2O3S/c1-25-16-7-5-11(20)9-13(16)15(23)6-8-18(24)22-19-14(10-21)12-3-2-4-17(12)26-19/h5,7,9H,2-4,6,8H2,1H3,(H,22,24). The van der Waals surface area contributed by atoms with Crippen LogP contribution in [0, 0.1) is 11.3 Å². The smallest absolute Gasteiger partial charge is 0.225 e. The highest BCUT2D eigenvalue weighted by Crippen LogP contribution is 2.38. The lowest BCUT2D eigenvalue weighted by atomic mass is 10.1. The summed E-state index contributed by atoms with van der Waals surface area (Å²) in [5.74, 6) is -0.0642. The molecule has 0 atom stereocenters. The Hall–Kier alpha value is -2.36. The van der Waals surface area contributed by atoms with Crippen molar-refractivity contribution in [3.8, 4) is 11.8 Å². The van der Waals surface area contributed by atoms with Crippen molar-refractivity contribution in [2.24, 2.45) is 0 Å². The number of ether oxygens (including phenoxy) is 1. The zero-order valence-corrected chi connectivity index (χ0v) is 15.8. The van der Waals surface area contributed by atoms with Crippen LogP contribution in [-0.4, -0.2) is 18.8 Å². The highest BCUT2D eigenvalue weighted by Gasteiger charge is 2.23. The summed E-state index contributed by atoms with van der Waals surface area (Å²) in [4.78, 5) is 25.8. The van der Waals surface area contributed by atoms with Crippen LogP contribution in [0.1, 0.15) is 45.6 Å². The van der Waals surface area contributed by atoms with Crippen molar-refractivity contribution in [1.29, 1.82) is 5.26 Å².